The molecule has 1 amide bonds. The Labute approximate surface area is 200 Å². The predicted molar refractivity (Wildman–Crippen MR) is 137 cm³/mol. The molecular weight excluding hydrogens is 424 g/mol. The maximum atomic E-state index is 12.3. The Balaban J connectivity index is 1.79. The molecule has 0 bridgehead atoms. The van der Waals surface area contributed by atoms with Crippen molar-refractivity contribution in [1.29, 1.82) is 0 Å². The van der Waals surface area contributed by atoms with E-state index in [0.29, 0.717) is 13.1 Å². The molecular formula is C29H30N2O3. The molecule has 4 rings (SSSR count). The minimum absolute atomic E-state index is 0.00251. The molecule has 4 aromatic rings. The fraction of sp³-hybridized carbons (Fsp3) is 0.207. The Bertz CT molecular complexity index is 1330. The number of aromatic nitrogens is 1. The van der Waals surface area contributed by atoms with Crippen molar-refractivity contribution in [3.05, 3.63) is 102 Å². The topological polar surface area (TPSA) is 65.7 Å². The Morgan fingerprint density at radius 1 is 0.912 bits per heavy atom. The number of carbonyl (C=O) groups excluding carboxylic acids is 1. The summed E-state index contributed by atoms with van der Waals surface area (Å²) >= 11 is 0. The van der Waals surface area contributed by atoms with Crippen LogP contribution in [-0.2, 0) is 10.3 Å². The van der Waals surface area contributed by atoms with Gasteiger partial charge in [-0.2, -0.15) is 0 Å². The van der Waals surface area contributed by atoms with Crippen molar-refractivity contribution in [3.63, 3.8) is 0 Å². The first kappa shape index (κ1) is 23.2. The van der Waals surface area contributed by atoms with Crippen molar-refractivity contribution in [1.82, 2.24) is 9.47 Å². The summed E-state index contributed by atoms with van der Waals surface area (Å²) in [6.45, 7) is 7.40. The maximum absolute atomic E-state index is 12.3. The highest BCUT2D eigenvalue weighted by molar-refractivity contribution is 5.91. The molecule has 174 valence electrons. The number of likely N-dealkylation sites (N-methyl/N-ethyl adjacent to an activating group) is 1. The Hall–Kier alpha value is -3.99. The van der Waals surface area contributed by atoms with Crippen LogP contribution in [-0.4, -0.2) is 38.7 Å². The summed E-state index contributed by atoms with van der Waals surface area (Å²) in [5, 5.41) is 21.3. The van der Waals surface area contributed by atoms with E-state index in [1.807, 2.05) is 68.6 Å². The third-order valence-corrected chi connectivity index (χ3v) is 6.59. The second kappa shape index (κ2) is 9.48. The number of aromatic hydroxyl groups is 2. The summed E-state index contributed by atoms with van der Waals surface area (Å²) in [7, 11) is 0. The van der Waals surface area contributed by atoms with Crippen LogP contribution in [0.15, 0.2) is 85.1 Å². The van der Waals surface area contributed by atoms with Gasteiger partial charge in [0.2, 0.25) is 5.91 Å². The van der Waals surface area contributed by atoms with E-state index < -0.39 is 5.54 Å². The second-order valence-corrected chi connectivity index (χ2v) is 8.49. The lowest BCUT2D eigenvalue weighted by Gasteiger charge is -2.34. The van der Waals surface area contributed by atoms with Gasteiger partial charge in [-0.3, -0.25) is 4.79 Å². The molecule has 1 aromatic heterocycles. The number of nitrogens with zero attached hydrogens (tertiary/aromatic N) is 2. The van der Waals surface area contributed by atoms with Gasteiger partial charge in [-0.05, 0) is 73.2 Å². The van der Waals surface area contributed by atoms with Gasteiger partial charge in [-0.25, -0.2) is 0 Å². The van der Waals surface area contributed by atoms with Gasteiger partial charge in [-0.1, -0.05) is 48.5 Å². The third-order valence-electron chi connectivity index (χ3n) is 6.59. The van der Waals surface area contributed by atoms with Crippen molar-refractivity contribution in [2.45, 2.75) is 26.3 Å². The summed E-state index contributed by atoms with van der Waals surface area (Å²) in [6, 6.07) is 23.3. The molecule has 5 heteroatoms. The number of phenolic OH excluding ortho intramolecular Hbond substituents is 2. The monoisotopic (exact) mass is 454 g/mol. The largest absolute Gasteiger partial charge is 0.504 e. The van der Waals surface area contributed by atoms with Crippen molar-refractivity contribution in [2.75, 3.05) is 13.1 Å². The van der Waals surface area contributed by atoms with Gasteiger partial charge in [0.25, 0.3) is 0 Å². The number of fused-ring (bicyclic) bond motifs is 1. The summed E-state index contributed by atoms with van der Waals surface area (Å²) < 4.78 is 2.18. The quantitative estimate of drug-likeness (QED) is 0.276. The van der Waals surface area contributed by atoms with Gasteiger partial charge in [0.15, 0.2) is 11.5 Å². The summed E-state index contributed by atoms with van der Waals surface area (Å²) in [5.74, 6) is -0.311. The molecule has 1 unspecified atom stereocenters. The number of phenols is 2. The van der Waals surface area contributed by atoms with E-state index in [9.17, 15) is 15.0 Å². The molecule has 0 fully saturated rings. The zero-order valence-corrected chi connectivity index (χ0v) is 19.8. The van der Waals surface area contributed by atoms with Crippen molar-refractivity contribution >= 4 is 22.9 Å². The number of carbonyl (C=O) groups is 1. The van der Waals surface area contributed by atoms with Gasteiger partial charge in [0, 0.05) is 30.9 Å². The Kier molecular flexibility index (Phi) is 6.46. The van der Waals surface area contributed by atoms with Crippen LogP contribution in [0.5, 0.6) is 11.5 Å². The SMILES string of the molecule is CCN(CC)C(=O)C=Cc1ccc(C(C)(c2ccc(O)c(O)c2)n2ccc3ccccc32)cc1. The lowest BCUT2D eigenvalue weighted by molar-refractivity contribution is -0.125. The Morgan fingerprint density at radius 2 is 1.59 bits per heavy atom. The first-order valence-electron chi connectivity index (χ1n) is 11.5. The van der Waals surface area contributed by atoms with Crippen LogP contribution in [0.4, 0.5) is 0 Å². The highest BCUT2D eigenvalue weighted by Crippen LogP contribution is 2.40. The predicted octanol–water partition coefficient (Wildman–Crippen LogP) is 5.75. The lowest BCUT2D eigenvalue weighted by atomic mass is 9.83. The molecule has 1 atom stereocenters. The van der Waals surface area contributed by atoms with Gasteiger partial charge in [0.1, 0.15) is 0 Å². The smallest absolute Gasteiger partial charge is 0.246 e. The van der Waals surface area contributed by atoms with Crippen LogP contribution >= 0.6 is 0 Å². The second-order valence-electron chi connectivity index (χ2n) is 8.49. The minimum atomic E-state index is -0.659. The van der Waals surface area contributed by atoms with E-state index in [0.717, 1.165) is 27.6 Å². The van der Waals surface area contributed by atoms with E-state index in [2.05, 4.69) is 29.7 Å². The molecule has 3 aromatic carbocycles. The van der Waals surface area contributed by atoms with Crippen LogP contribution in [0, 0.1) is 0 Å². The molecule has 0 saturated carbocycles. The third kappa shape index (κ3) is 4.17. The number of benzene rings is 3. The van der Waals surface area contributed by atoms with Crippen molar-refractivity contribution < 1.29 is 15.0 Å². The summed E-state index contributed by atoms with van der Waals surface area (Å²) in [4.78, 5) is 14.1. The Morgan fingerprint density at radius 3 is 2.26 bits per heavy atom. The van der Waals surface area contributed by atoms with Crippen LogP contribution in [0.3, 0.4) is 0 Å². The van der Waals surface area contributed by atoms with Gasteiger partial charge in [0.05, 0.1) is 5.54 Å². The fourth-order valence-corrected chi connectivity index (χ4v) is 4.47. The molecule has 2 N–H and O–H groups in total. The molecule has 0 saturated heterocycles. The van der Waals surface area contributed by atoms with Crippen LogP contribution in [0.1, 0.15) is 37.5 Å². The molecule has 5 nitrogen and oxygen atoms in total. The number of hydrogen-bond acceptors (Lipinski definition) is 3. The van der Waals surface area contributed by atoms with Crippen LogP contribution in [0.25, 0.3) is 17.0 Å². The number of amides is 1. The molecule has 0 aliphatic carbocycles. The molecule has 0 aliphatic heterocycles. The minimum Gasteiger partial charge on any atom is -0.504 e. The van der Waals surface area contributed by atoms with Crippen molar-refractivity contribution in [2.24, 2.45) is 0 Å². The molecule has 1 heterocycles. The zero-order chi connectivity index (χ0) is 24.3. The highest BCUT2D eigenvalue weighted by atomic mass is 16.3. The standard InChI is InChI=1S/C29H30N2O3/c1-4-30(5-2)28(34)17-12-21-10-13-23(14-11-21)29(3,24-15-16-26(32)27(33)20-24)31-19-18-22-8-6-7-9-25(22)31/h6-20,32-33H,4-5H2,1-3H3. The lowest BCUT2D eigenvalue weighted by Crippen LogP contribution is -2.32. The average molecular weight is 455 g/mol. The normalized spacial score (nSPS) is 13.3. The molecule has 0 spiro atoms. The van der Waals surface area contributed by atoms with Gasteiger partial charge < -0.3 is 19.7 Å². The highest BCUT2D eigenvalue weighted by Gasteiger charge is 2.32. The first-order valence-corrected chi connectivity index (χ1v) is 11.5. The first-order chi connectivity index (χ1) is 16.4. The summed E-state index contributed by atoms with van der Waals surface area (Å²) in [5.41, 5.74) is 3.17. The number of rotatable bonds is 7. The number of para-hydroxylation sites is 1. The van der Waals surface area contributed by atoms with Gasteiger partial charge in [-0.15, -0.1) is 0 Å². The van der Waals surface area contributed by atoms with E-state index >= 15 is 0 Å². The average Bonchev–Trinajstić information content (AvgIpc) is 3.30. The molecule has 0 radical (unpaired) electrons. The van der Waals surface area contributed by atoms with E-state index in [4.69, 9.17) is 0 Å². The van der Waals surface area contributed by atoms with E-state index in [-0.39, 0.29) is 17.4 Å². The van der Waals surface area contributed by atoms with Crippen LogP contribution < -0.4 is 0 Å². The molecule has 34 heavy (non-hydrogen) atoms. The zero-order valence-electron chi connectivity index (χ0n) is 19.8. The van der Waals surface area contributed by atoms with Crippen LogP contribution in [0.2, 0.25) is 0 Å². The maximum Gasteiger partial charge on any atom is 0.246 e. The van der Waals surface area contributed by atoms with E-state index in [1.165, 1.54) is 6.07 Å². The van der Waals surface area contributed by atoms with E-state index in [1.54, 1.807) is 17.0 Å². The fourth-order valence-electron chi connectivity index (χ4n) is 4.47. The van der Waals surface area contributed by atoms with Gasteiger partial charge >= 0.3 is 0 Å². The van der Waals surface area contributed by atoms with Crippen molar-refractivity contribution in [3.8, 4) is 11.5 Å². The summed E-state index contributed by atoms with van der Waals surface area (Å²) in [6.07, 6.45) is 5.49. The number of hydrogen-bond donors (Lipinski definition) is 2. The molecule has 0 aliphatic rings.